The Morgan fingerprint density at radius 3 is 2.05 bits per heavy atom. The number of para-hydroxylation sites is 1. The molecule has 0 fully saturated rings. The molecule has 0 bridgehead atoms. The third-order valence-electron chi connectivity index (χ3n) is 5.24. The van der Waals surface area contributed by atoms with Gasteiger partial charge in [-0.1, -0.05) is 43.6 Å². The number of halogens is 1. The van der Waals surface area contributed by atoms with Crippen LogP contribution in [-0.2, 0) is 14.4 Å². The Balaban J connectivity index is 1.45. The molecule has 0 aliphatic heterocycles. The van der Waals surface area contributed by atoms with Crippen molar-refractivity contribution in [3.8, 4) is 11.5 Å². The maximum absolute atomic E-state index is 12.7. The molecule has 1 atom stereocenters. The Hall–Kier alpha value is -4.37. The van der Waals surface area contributed by atoms with Crippen molar-refractivity contribution >= 4 is 41.2 Å². The van der Waals surface area contributed by atoms with Gasteiger partial charge in [-0.15, -0.1) is 0 Å². The third kappa shape index (κ3) is 10.9. The molecule has 0 heterocycles. The van der Waals surface area contributed by atoms with Crippen LogP contribution in [0.5, 0.6) is 11.5 Å². The van der Waals surface area contributed by atoms with Crippen LogP contribution in [0.2, 0.25) is 5.02 Å². The van der Waals surface area contributed by atoms with Crippen molar-refractivity contribution in [3.05, 3.63) is 89.4 Å². The smallest absolute Gasteiger partial charge is 0.262 e. The molecule has 204 valence electrons. The topological polar surface area (TPSA) is 118 Å². The highest BCUT2D eigenvalue weighted by Gasteiger charge is 2.22. The molecule has 0 spiro atoms. The molecule has 3 aromatic carbocycles. The number of nitrogens with zero attached hydrogens (tertiary/aromatic N) is 1. The van der Waals surface area contributed by atoms with Gasteiger partial charge in [0, 0.05) is 10.7 Å². The molecular weight excluding hydrogens is 520 g/mol. The maximum atomic E-state index is 12.7. The molecule has 9 nitrogen and oxygen atoms in total. The highest BCUT2D eigenvalue weighted by atomic mass is 35.5. The van der Waals surface area contributed by atoms with Crippen molar-refractivity contribution in [2.24, 2.45) is 11.0 Å². The number of amides is 3. The number of hydrogen-bond donors (Lipinski definition) is 3. The van der Waals surface area contributed by atoms with E-state index in [0.29, 0.717) is 34.2 Å². The summed E-state index contributed by atoms with van der Waals surface area (Å²) in [6.45, 7) is 3.53. The van der Waals surface area contributed by atoms with Crippen molar-refractivity contribution < 1.29 is 23.9 Å². The van der Waals surface area contributed by atoms with Gasteiger partial charge in [0.05, 0.1) is 6.21 Å². The van der Waals surface area contributed by atoms with Gasteiger partial charge >= 0.3 is 0 Å². The molecule has 0 aliphatic rings. The van der Waals surface area contributed by atoms with Gasteiger partial charge in [0.2, 0.25) is 0 Å². The van der Waals surface area contributed by atoms with E-state index in [2.05, 4.69) is 21.2 Å². The Morgan fingerprint density at radius 2 is 1.44 bits per heavy atom. The molecule has 3 N–H and O–H groups in total. The summed E-state index contributed by atoms with van der Waals surface area (Å²) >= 11 is 5.85. The second-order valence-electron chi connectivity index (χ2n) is 9.00. The number of rotatable bonds is 13. The van der Waals surface area contributed by atoms with Crippen LogP contribution in [0.3, 0.4) is 0 Å². The fourth-order valence-electron chi connectivity index (χ4n) is 3.38. The number of nitrogens with one attached hydrogen (secondary N) is 3. The highest BCUT2D eigenvalue weighted by molar-refractivity contribution is 6.30. The number of hydrazone groups is 1. The second-order valence-corrected chi connectivity index (χ2v) is 9.43. The lowest BCUT2D eigenvalue weighted by molar-refractivity contribution is -0.130. The van der Waals surface area contributed by atoms with Gasteiger partial charge in [-0.2, -0.15) is 5.10 Å². The van der Waals surface area contributed by atoms with Gasteiger partial charge in [-0.3, -0.25) is 14.4 Å². The molecule has 3 amide bonds. The summed E-state index contributed by atoms with van der Waals surface area (Å²) in [7, 11) is 0. The third-order valence-corrected chi connectivity index (χ3v) is 5.49. The van der Waals surface area contributed by atoms with E-state index in [1.54, 1.807) is 60.7 Å². The quantitative estimate of drug-likeness (QED) is 0.215. The summed E-state index contributed by atoms with van der Waals surface area (Å²) in [5.41, 5.74) is 3.88. The minimum absolute atomic E-state index is 0.133. The van der Waals surface area contributed by atoms with E-state index in [4.69, 9.17) is 21.1 Å². The fraction of sp³-hybridized carbons (Fsp3) is 0.241. The Bertz CT molecular complexity index is 1250. The van der Waals surface area contributed by atoms with Crippen LogP contribution in [0, 0.1) is 5.92 Å². The molecule has 3 aromatic rings. The Labute approximate surface area is 232 Å². The van der Waals surface area contributed by atoms with Gasteiger partial charge in [-0.25, -0.2) is 5.43 Å². The first-order valence-corrected chi connectivity index (χ1v) is 12.7. The summed E-state index contributed by atoms with van der Waals surface area (Å²) < 4.78 is 11.0. The van der Waals surface area contributed by atoms with Gasteiger partial charge in [0.15, 0.2) is 13.2 Å². The van der Waals surface area contributed by atoms with Gasteiger partial charge in [-0.05, 0) is 78.6 Å². The number of anilines is 1. The van der Waals surface area contributed by atoms with Crippen LogP contribution in [0.1, 0.15) is 25.8 Å². The van der Waals surface area contributed by atoms with Crippen molar-refractivity contribution in [2.75, 3.05) is 18.5 Å². The molecule has 3 rings (SSSR count). The van der Waals surface area contributed by atoms with Crippen molar-refractivity contribution in [2.45, 2.75) is 26.3 Å². The lowest BCUT2D eigenvalue weighted by Crippen LogP contribution is -2.47. The lowest BCUT2D eigenvalue weighted by Gasteiger charge is -2.19. The van der Waals surface area contributed by atoms with Crippen LogP contribution in [0.4, 0.5) is 5.69 Å². The maximum Gasteiger partial charge on any atom is 0.262 e. The minimum atomic E-state index is -0.777. The van der Waals surface area contributed by atoms with Crippen LogP contribution in [0.25, 0.3) is 0 Å². The highest BCUT2D eigenvalue weighted by Crippen LogP contribution is 2.15. The van der Waals surface area contributed by atoms with E-state index >= 15 is 0 Å². The summed E-state index contributed by atoms with van der Waals surface area (Å²) in [5.74, 6) is 0.0291. The SMILES string of the molecule is CC(C)C[C@H](NC(=O)COc1ccc(Cl)cc1)C(=O)N/N=C\c1ccc(OCC(=O)Nc2ccccc2)cc1. The molecule has 39 heavy (non-hydrogen) atoms. The minimum Gasteiger partial charge on any atom is -0.484 e. The molecule has 0 unspecified atom stereocenters. The summed E-state index contributed by atoms with van der Waals surface area (Å²) in [6, 6.07) is 21.8. The molecular formula is C29H31ClN4O5. The van der Waals surface area contributed by atoms with Gasteiger partial charge in [0.1, 0.15) is 17.5 Å². The zero-order valence-electron chi connectivity index (χ0n) is 21.7. The first-order valence-electron chi connectivity index (χ1n) is 12.4. The van der Waals surface area contributed by atoms with Crippen molar-refractivity contribution in [1.29, 1.82) is 0 Å². The van der Waals surface area contributed by atoms with Crippen LogP contribution < -0.4 is 25.5 Å². The van der Waals surface area contributed by atoms with Crippen LogP contribution in [-0.4, -0.2) is 43.2 Å². The predicted molar refractivity (Wildman–Crippen MR) is 151 cm³/mol. The zero-order chi connectivity index (χ0) is 28.0. The number of carbonyl (C=O) groups is 3. The fourth-order valence-corrected chi connectivity index (χ4v) is 3.51. The number of benzene rings is 3. The van der Waals surface area contributed by atoms with E-state index < -0.39 is 17.9 Å². The van der Waals surface area contributed by atoms with E-state index in [9.17, 15) is 14.4 Å². The number of carbonyl (C=O) groups excluding carboxylic acids is 3. The molecule has 0 aliphatic carbocycles. The second kappa shape index (κ2) is 15.1. The normalized spacial score (nSPS) is 11.6. The standard InChI is InChI=1S/C29H31ClN4O5/c1-20(2)16-26(33-28(36)19-39-25-14-10-22(30)11-15-25)29(37)34-31-17-21-8-12-24(13-9-21)38-18-27(35)32-23-6-4-3-5-7-23/h3-15,17,20,26H,16,18-19H2,1-2H3,(H,32,35)(H,33,36)(H,34,37)/b31-17-/t26-/m0/s1. The molecule has 0 saturated carbocycles. The summed E-state index contributed by atoms with van der Waals surface area (Å²) in [6.07, 6.45) is 1.90. The zero-order valence-corrected chi connectivity index (χ0v) is 22.5. The van der Waals surface area contributed by atoms with E-state index in [1.165, 1.54) is 6.21 Å². The van der Waals surface area contributed by atoms with E-state index in [0.717, 1.165) is 0 Å². The Kier molecular flexibility index (Phi) is 11.3. The van der Waals surface area contributed by atoms with Crippen molar-refractivity contribution in [1.82, 2.24) is 10.7 Å². The lowest BCUT2D eigenvalue weighted by atomic mass is 10.0. The summed E-state index contributed by atoms with van der Waals surface area (Å²) in [5, 5.41) is 10.0. The molecule has 0 saturated heterocycles. The number of ether oxygens (including phenoxy) is 2. The van der Waals surface area contributed by atoms with Crippen LogP contribution in [0.15, 0.2) is 84.0 Å². The largest absolute Gasteiger partial charge is 0.484 e. The summed E-state index contributed by atoms with van der Waals surface area (Å²) in [4.78, 5) is 37.1. The van der Waals surface area contributed by atoms with Crippen molar-refractivity contribution in [3.63, 3.8) is 0 Å². The monoisotopic (exact) mass is 550 g/mol. The first kappa shape index (κ1) is 29.2. The average Bonchev–Trinajstić information content (AvgIpc) is 2.92. The van der Waals surface area contributed by atoms with E-state index in [-0.39, 0.29) is 25.0 Å². The Morgan fingerprint density at radius 1 is 0.846 bits per heavy atom. The molecule has 10 heteroatoms. The van der Waals surface area contributed by atoms with E-state index in [1.807, 2.05) is 32.0 Å². The number of hydrogen-bond acceptors (Lipinski definition) is 6. The molecule has 0 aromatic heterocycles. The predicted octanol–water partition coefficient (Wildman–Crippen LogP) is 4.42. The first-order chi connectivity index (χ1) is 18.8. The average molecular weight is 551 g/mol. The molecule has 0 radical (unpaired) electrons. The van der Waals surface area contributed by atoms with Gasteiger partial charge < -0.3 is 20.1 Å². The van der Waals surface area contributed by atoms with Gasteiger partial charge in [0.25, 0.3) is 17.7 Å². The van der Waals surface area contributed by atoms with Crippen LogP contribution >= 0.6 is 11.6 Å².